The topological polar surface area (TPSA) is 142 Å². The van der Waals surface area contributed by atoms with Gasteiger partial charge in [0.2, 0.25) is 10.0 Å². The van der Waals surface area contributed by atoms with Gasteiger partial charge in [0.1, 0.15) is 17.6 Å². The first kappa shape index (κ1) is 25.6. The third-order valence-electron chi connectivity index (χ3n) is 4.66. The van der Waals surface area contributed by atoms with E-state index in [2.05, 4.69) is 4.72 Å². The van der Waals surface area contributed by atoms with E-state index in [1.54, 1.807) is 6.92 Å². The molecule has 2 aromatic carbocycles. The Morgan fingerprint density at radius 2 is 1.88 bits per heavy atom. The molecule has 3 rings (SSSR count). The molecule has 2 aromatic rings. The van der Waals surface area contributed by atoms with E-state index in [0.717, 1.165) is 18.2 Å². The standard InChI is InChI=1S/C19H20F3N3O7S2/c1-2-23-33(28,29)11-14-10-25(16-9-13(24-18(26)27)6-7-17(16)32-14)34(30,31)15-5-3-4-12(8-15)19(20,21)22/h3-9,14,23-24H,2,10-11H2,1H3,(H,26,27). The lowest BCUT2D eigenvalue weighted by Gasteiger charge is -2.35. The molecule has 1 aliphatic rings. The summed E-state index contributed by atoms with van der Waals surface area (Å²) in [7, 11) is -8.49. The smallest absolute Gasteiger partial charge is 0.416 e. The van der Waals surface area contributed by atoms with Crippen LogP contribution >= 0.6 is 0 Å². The summed E-state index contributed by atoms with van der Waals surface area (Å²) in [5.74, 6) is -0.709. The summed E-state index contributed by atoms with van der Waals surface area (Å²) in [6.07, 6.45) is -7.43. The van der Waals surface area contributed by atoms with Crippen molar-refractivity contribution in [3.05, 3.63) is 48.0 Å². The molecule has 1 aliphatic heterocycles. The first-order chi connectivity index (χ1) is 15.7. The molecule has 0 aromatic heterocycles. The number of sulfonamides is 2. The average Bonchev–Trinajstić information content (AvgIpc) is 2.72. The zero-order valence-electron chi connectivity index (χ0n) is 17.5. The minimum Gasteiger partial charge on any atom is -0.485 e. The fourth-order valence-electron chi connectivity index (χ4n) is 3.31. The van der Waals surface area contributed by atoms with E-state index >= 15 is 0 Å². The van der Waals surface area contributed by atoms with Gasteiger partial charge in [-0.25, -0.2) is 26.4 Å². The lowest BCUT2D eigenvalue weighted by atomic mass is 10.2. The van der Waals surface area contributed by atoms with Crippen LogP contribution < -0.4 is 19.1 Å². The Kier molecular flexibility index (Phi) is 7.00. The summed E-state index contributed by atoms with van der Waals surface area (Å²) in [5.41, 5.74) is -1.38. The Bertz CT molecular complexity index is 1300. The van der Waals surface area contributed by atoms with Crippen LogP contribution in [-0.4, -0.2) is 53.0 Å². The number of amides is 1. The largest absolute Gasteiger partial charge is 0.485 e. The highest BCUT2D eigenvalue weighted by Gasteiger charge is 2.38. The zero-order valence-corrected chi connectivity index (χ0v) is 19.2. The molecule has 3 N–H and O–H groups in total. The van der Waals surface area contributed by atoms with Crippen LogP contribution in [0.3, 0.4) is 0 Å². The first-order valence-electron chi connectivity index (χ1n) is 9.71. The van der Waals surface area contributed by atoms with Crippen molar-refractivity contribution in [2.45, 2.75) is 24.1 Å². The van der Waals surface area contributed by atoms with Gasteiger partial charge in [-0.2, -0.15) is 13.2 Å². The van der Waals surface area contributed by atoms with Gasteiger partial charge in [0.25, 0.3) is 10.0 Å². The Morgan fingerprint density at radius 1 is 1.18 bits per heavy atom. The van der Waals surface area contributed by atoms with Crippen molar-refractivity contribution in [3.8, 4) is 5.75 Å². The van der Waals surface area contributed by atoms with Crippen molar-refractivity contribution in [2.75, 3.05) is 28.5 Å². The van der Waals surface area contributed by atoms with E-state index < -0.39 is 61.2 Å². The highest BCUT2D eigenvalue weighted by Crippen LogP contribution is 2.40. The molecule has 1 unspecified atom stereocenters. The van der Waals surface area contributed by atoms with Crippen LogP contribution in [0.1, 0.15) is 12.5 Å². The van der Waals surface area contributed by atoms with Crippen molar-refractivity contribution in [1.82, 2.24) is 4.72 Å². The maximum atomic E-state index is 13.4. The minimum atomic E-state index is -4.80. The second-order valence-electron chi connectivity index (χ2n) is 7.19. The second kappa shape index (κ2) is 9.31. The average molecular weight is 524 g/mol. The van der Waals surface area contributed by atoms with Gasteiger partial charge in [-0.3, -0.25) is 9.62 Å². The number of carbonyl (C=O) groups is 1. The Morgan fingerprint density at radius 3 is 2.50 bits per heavy atom. The van der Waals surface area contributed by atoms with Crippen molar-refractivity contribution >= 4 is 37.5 Å². The van der Waals surface area contributed by atoms with Crippen molar-refractivity contribution in [3.63, 3.8) is 0 Å². The number of anilines is 2. The predicted molar refractivity (Wildman–Crippen MR) is 116 cm³/mol. The van der Waals surface area contributed by atoms with E-state index in [-0.39, 0.29) is 23.7 Å². The molecular formula is C19H20F3N3O7S2. The number of alkyl halides is 3. The SMILES string of the molecule is CCNS(=O)(=O)CC1CN(S(=O)(=O)c2cccc(C(F)(F)F)c2)c2cc(NC(=O)O)ccc2O1. The van der Waals surface area contributed by atoms with Crippen LogP contribution in [0.4, 0.5) is 29.3 Å². The third-order valence-corrected chi connectivity index (χ3v) is 7.98. The molecule has 1 heterocycles. The third kappa shape index (κ3) is 5.71. The van der Waals surface area contributed by atoms with Crippen LogP contribution in [0.2, 0.25) is 0 Å². The molecule has 1 amide bonds. The molecule has 0 spiro atoms. The number of halogens is 3. The van der Waals surface area contributed by atoms with E-state index in [0.29, 0.717) is 16.4 Å². The molecule has 0 saturated heterocycles. The number of benzene rings is 2. The van der Waals surface area contributed by atoms with Gasteiger partial charge in [-0.1, -0.05) is 13.0 Å². The van der Waals surface area contributed by atoms with Gasteiger partial charge < -0.3 is 9.84 Å². The Hall–Kier alpha value is -3.04. The minimum absolute atomic E-state index is 0.0298. The number of hydrogen-bond donors (Lipinski definition) is 3. The van der Waals surface area contributed by atoms with Gasteiger partial charge in [-0.15, -0.1) is 0 Å². The molecule has 0 fully saturated rings. The first-order valence-corrected chi connectivity index (χ1v) is 12.8. The molecule has 1 atom stereocenters. The van der Waals surface area contributed by atoms with Crippen molar-refractivity contribution in [2.24, 2.45) is 0 Å². The zero-order chi connectivity index (χ0) is 25.3. The van der Waals surface area contributed by atoms with Gasteiger partial charge in [0, 0.05) is 12.2 Å². The van der Waals surface area contributed by atoms with Crippen molar-refractivity contribution in [1.29, 1.82) is 0 Å². The van der Waals surface area contributed by atoms with E-state index in [9.17, 15) is 34.8 Å². The number of ether oxygens (including phenoxy) is 1. The van der Waals surface area contributed by atoms with Crippen molar-refractivity contribution < 1.29 is 44.6 Å². The number of nitrogens with one attached hydrogen (secondary N) is 2. The Balaban J connectivity index is 2.10. The maximum Gasteiger partial charge on any atom is 0.416 e. The van der Waals surface area contributed by atoms with Crippen LogP contribution in [0.25, 0.3) is 0 Å². The molecule has 0 radical (unpaired) electrons. The molecule has 15 heteroatoms. The molecule has 186 valence electrons. The molecule has 0 saturated carbocycles. The predicted octanol–water partition coefficient (Wildman–Crippen LogP) is 2.69. The summed E-state index contributed by atoms with van der Waals surface area (Å²) >= 11 is 0. The second-order valence-corrected chi connectivity index (χ2v) is 10.9. The van der Waals surface area contributed by atoms with E-state index in [1.807, 2.05) is 5.32 Å². The fraction of sp³-hybridized carbons (Fsp3) is 0.316. The van der Waals surface area contributed by atoms with Gasteiger partial charge >= 0.3 is 12.3 Å². The fourth-order valence-corrected chi connectivity index (χ4v) is 6.08. The quantitative estimate of drug-likeness (QED) is 0.507. The highest BCUT2D eigenvalue weighted by atomic mass is 32.2. The highest BCUT2D eigenvalue weighted by molar-refractivity contribution is 7.93. The van der Waals surface area contributed by atoms with Crippen LogP contribution in [-0.2, 0) is 26.2 Å². The number of fused-ring (bicyclic) bond motifs is 1. The maximum absolute atomic E-state index is 13.4. The summed E-state index contributed by atoms with van der Waals surface area (Å²) in [6, 6.07) is 6.73. The summed E-state index contributed by atoms with van der Waals surface area (Å²) in [6.45, 7) is 1.09. The number of nitrogens with zero attached hydrogens (tertiary/aromatic N) is 1. The molecular weight excluding hydrogens is 503 g/mol. The summed E-state index contributed by atoms with van der Waals surface area (Å²) in [5, 5.41) is 11.0. The Labute approximate surface area is 193 Å². The van der Waals surface area contributed by atoms with E-state index in [4.69, 9.17) is 9.84 Å². The number of carboxylic acid groups (broad SMARTS) is 1. The van der Waals surface area contributed by atoms with Crippen LogP contribution in [0.5, 0.6) is 5.75 Å². The van der Waals surface area contributed by atoms with Crippen LogP contribution in [0, 0.1) is 0 Å². The van der Waals surface area contributed by atoms with Gasteiger partial charge in [0.05, 0.1) is 22.7 Å². The number of hydrogen-bond acceptors (Lipinski definition) is 6. The number of rotatable bonds is 7. The lowest BCUT2D eigenvalue weighted by Crippen LogP contribution is -2.47. The van der Waals surface area contributed by atoms with Gasteiger partial charge in [0.15, 0.2) is 0 Å². The normalized spacial score (nSPS) is 16.5. The molecule has 10 nitrogen and oxygen atoms in total. The molecule has 0 aliphatic carbocycles. The molecule has 0 bridgehead atoms. The van der Waals surface area contributed by atoms with E-state index in [1.165, 1.54) is 12.1 Å². The van der Waals surface area contributed by atoms with Gasteiger partial charge in [-0.05, 0) is 36.4 Å². The summed E-state index contributed by atoms with van der Waals surface area (Å²) in [4.78, 5) is 10.3. The molecule has 34 heavy (non-hydrogen) atoms. The summed E-state index contributed by atoms with van der Waals surface area (Å²) < 4.78 is 99.3. The van der Waals surface area contributed by atoms with Crippen LogP contribution in [0.15, 0.2) is 47.4 Å². The lowest BCUT2D eigenvalue weighted by molar-refractivity contribution is -0.137. The monoisotopic (exact) mass is 523 g/mol.